The number of unbranched alkanes of at least 4 members (excludes halogenated alkanes) is 1. The van der Waals surface area contributed by atoms with Gasteiger partial charge < -0.3 is 26.8 Å². The number of nitrogens with two attached hydrogens (primary N) is 2. The number of rotatable bonds is 22. The Labute approximate surface area is 315 Å². The Hall–Kier alpha value is -3.77. The maximum absolute atomic E-state index is 14.1. The second kappa shape index (κ2) is 20.6. The van der Waals surface area contributed by atoms with Gasteiger partial charge >= 0.3 is 0 Å². The quantitative estimate of drug-likeness (QED) is 0.133. The van der Waals surface area contributed by atoms with Gasteiger partial charge in [-0.25, -0.2) is 0 Å². The number of Topliss-reactive ketones (excluding diaryl/α,β-unsaturated/α-hetero) is 3. The minimum Gasteiger partial charge on any atom is -0.389 e. The average Bonchev–Trinajstić information content (AvgIpc) is 3.13. The molecule has 11 heteroatoms. The summed E-state index contributed by atoms with van der Waals surface area (Å²) in [6.07, 6.45) is 4.73. The maximum Gasteiger partial charge on any atom is 0.226 e. The van der Waals surface area contributed by atoms with Crippen molar-refractivity contribution in [3.05, 3.63) is 71.8 Å². The number of nitrogens with zero attached hydrogens (tertiary/aromatic N) is 2. The molecule has 0 radical (unpaired) electrons. The number of hydrogen-bond donors (Lipinski definition) is 4. The van der Waals surface area contributed by atoms with Crippen molar-refractivity contribution in [2.24, 2.45) is 34.6 Å². The van der Waals surface area contributed by atoms with E-state index in [9.17, 15) is 24.0 Å². The molecule has 0 unspecified atom stereocenters. The summed E-state index contributed by atoms with van der Waals surface area (Å²) in [5.41, 5.74) is 14.1. The van der Waals surface area contributed by atoms with Crippen LogP contribution in [0.3, 0.4) is 0 Å². The van der Waals surface area contributed by atoms with Crippen LogP contribution in [0, 0.1) is 23.2 Å². The van der Waals surface area contributed by atoms with Gasteiger partial charge in [0.2, 0.25) is 11.8 Å². The summed E-state index contributed by atoms with van der Waals surface area (Å²) in [5.74, 6) is -2.13. The number of carbonyl (C=O) groups is 5. The highest BCUT2D eigenvalue weighted by Crippen LogP contribution is 2.40. The van der Waals surface area contributed by atoms with E-state index in [-0.39, 0.29) is 59.9 Å². The van der Waals surface area contributed by atoms with Gasteiger partial charge in [0.15, 0.2) is 17.3 Å². The smallest absolute Gasteiger partial charge is 0.226 e. The van der Waals surface area contributed by atoms with Crippen LogP contribution in [0.2, 0.25) is 0 Å². The van der Waals surface area contributed by atoms with Crippen LogP contribution in [0.5, 0.6) is 0 Å². The third kappa shape index (κ3) is 12.9. The minimum absolute atomic E-state index is 0.0179. The molecule has 6 N–H and O–H groups in total. The van der Waals surface area contributed by atoms with Crippen LogP contribution < -0.4 is 16.8 Å². The standard InChI is InChI=1S/C42H61N5O6/c1-30(2)21-37(45-40(52)34(22-31-11-5-3-6-12-31)25-38(50)36(44)23-32-13-7-4-8-14-32)39(51)24-33(15-9-10-18-43)41(53)47-19-16-42(17-20-47)28-46(29-42)26-35(49)27-48/h3-8,11-14,30,33-34,36-37,48H,9-10,15-29,43-44H2,1-2H3,(H,45,52)/t33-,34-,36+,37+/m0/s1. The molecule has 0 saturated carbocycles. The fourth-order valence-corrected chi connectivity index (χ4v) is 7.89. The zero-order chi connectivity index (χ0) is 38.4. The molecule has 0 aromatic heterocycles. The molecule has 2 amide bonds. The third-order valence-corrected chi connectivity index (χ3v) is 10.9. The topological polar surface area (TPSA) is 176 Å². The number of ketones is 3. The van der Waals surface area contributed by atoms with E-state index in [0.717, 1.165) is 49.9 Å². The monoisotopic (exact) mass is 731 g/mol. The number of benzene rings is 2. The Morgan fingerprint density at radius 2 is 1.42 bits per heavy atom. The van der Waals surface area contributed by atoms with Crippen LogP contribution in [-0.2, 0) is 36.8 Å². The molecule has 4 atom stereocenters. The SMILES string of the molecule is CC(C)C[C@@H](NC(=O)[C@H](CC(=O)[C@H](N)Cc1ccccc1)Cc1ccccc1)C(=O)C[C@H](CCCCN)C(=O)N1CCC2(CC1)CN(CC(=O)CO)C2. The van der Waals surface area contributed by atoms with Gasteiger partial charge in [-0.3, -0.25) is 28.9 Å². The molecule has 2 saturated heterocycles. The average molecular weight is 732 g/mol. The van der Waals surface area contributed by atoms with Crippen molar-refractivity contribution in [1.82, 2.24) is 15.1 Å². The molecule has 53 heavy (non-hydrogen) atoms. The van der Waals surface area contributed by atoms with Crippen molar-refractivity contribution in [3.63, 3.8) is 0 Å². The number of carbonyl (C=O) groups excluding carboxylic acids is 5. The second-order valence-corrected chi connectivity index (χ2v) is 15.9. The van der Waals surface area contributed by atoms with Crippen LogP contribution in [-0.4, -0.2) is 102 Å². The molecule has 4 rings (SSSR count). The number of hydrogen-bond acceptors (Lipinski definition) is 9. The number of amides is 2. The van der Waals surface area contributed by atoms with E-state index >= 15 is 0 Å². The molecule has 0 bridgehead atoms. The van der Waals surface area contributed by atoms with Gasteiger partial charge in [0.1, 0.15) is 6.61 Å². The summed E-state index contributed by atoms with van der Waals surface area (Å²) in [5, 5.41) is 12.1. The molecule has 290 valence electrons. The number of piperidine rings is 1. The fourth-order valence-electron chi connectivity index (χ4n) is 7.89. The molecule has 2 aromatic carbocycles. The fraction of sp³-hybridized carbons (Fsp3) is 0.595. The van der Waals surface area contributed by atoms with E-state index in [1.165, 1.54) is 0 Å². The molecule has 11 nitrogen and oxygen atoms in total. The molecular formula is C42H61N5O6. The highest BCUT2D eigenvalue weighted by Gasteiger charge is 2.46. The minimum atomic E-state index is -0.800. The predicted octanol–water partition coefficient (Wildman–Crippen LogP) is 3.10. The molecular weight excluding hydrogens is 670 g/mol. The van der Waals surface area contributed by atoms with E-state index in [2.05, 4.69) is 5.32 Å². The number of aliphatic hydroxyl groups is 1. The Balaban J connectivity index is 1.43. The van der Waals surface area contributed by atoms with Crippen LogP contribution in [0.15, 0.2) is 60.7 Å². The lowest BCUT2D eigenvalue weighted by Crippen LogP contribution is -2.62. The molecule has 2 aromatic rings. The van der Waals surface area contributed by atoms with Gasteiger partial charge in [0.25, 0.3) is 0 Å². The molecule has 1 spiro atoms. The first-order valence-corrected chi connectivity index (χ1v) is 19.4. The van der Waals surface area contributed by atoms with Crippen molar-refractivity contribution < 1.29 is 29.1 Å². The Morgan fingerprint density at radius 3 is 1.98 bits per heavy atom. The van der Waals surface area contributed by atoms with Crippen LogP contribution in [0.4, 0.5) is 0 Å². The normalized spacial score (nSPS) is 17.8. The van der Waals surface area contributed by atoms with Crippen molar-refractivity contribution in [2.75, 3.05) is 45.9 Å². The van der Waals surface area contributed by atoms with Crippen LogP contribution in [0.1, 0.15) is 76.3 Å². The summed E-state index contributed by atoms with van der Waals surface area (Å²) in [6.45, 7) is 7.05. The molecule has 2 aliphatic rings. The highest BCUT2D eigenvalue weighted by atomic mass is 16.3. The van der Waals surface area contributed by atoms with Crippen molar-refractivity contribution in [2.45, 2.75) is 90.1 Å². The van der Waals surface area contributed by atoms with Gasteiger partial charge in [-0.2, -0.15) is 0 Å². The Morgan fingerprint density at radius 1 is 0.830 bits per heavy atom. The lowest BCUT2D eigenvalue weighted by molar-refractivity contribution is -0.144. The van der Waals surface area contributed by atoms with Gasteiger partial charge in [-0.15, -0.1) is 0 Å². The maximum atomic E-state index is 14.1. The molecule has 2 aliphatic heterocycles. The van der Waals surface area contributed by atoms with Crippen LogP contribution in [0.25, 0.3) is 0 Å². The summed E-state index contributed by atoms with van der Waals surface area (Å²) < 4.78 is 0. The first-order chi connectivity index (χ1) is 25.4. The summed E-state index contributed by atoms with van der Waals surface area (Å²) in [7, 11) is 0. The van der Waals surface area contributed by atoms with E-state index in [1.807, 2.05) is 84.3 Å². The largest absolute Gasteiger partial charge is 0.389 e. The van der Waals surface area contributed by atoms with Crippen LogP contribution >= 0.6 is 0 Å². The molecule has 2 fully saturated rings. The Kier molecular flexibility index (Phi) is 16.3. The predicted molar refractivity (Wildman–Crippen MR) is 206 cm³/mol. The molecule has 0 aliphatic carbocycles. The summed E-state index contributed by atoms with van der Waals surface area (Å²) in [4.78, 5) is 71.2. The van der Waals surface area contributed by atoms with E-state index in [0.29, 0.717) is 45.3 Å². The van der Waals surface area contributed by atoms with Crippen molar-refractivity contribution in [1.29, 1.82) is 0 Å². The van der Waals surface area contributed by atoms with Gasteiger partial charge in [0, 0.05) is 50.9 Å². The lowest BCUT2D eigenvalue weighted by atomic mass is 9.71. The number of nitrogens with one attached hydrogen (secondary N) is 1. The zero-order valence-corrected chi connectivity index (χ0v) is 31.7. The first-order valence-electron chi connectivity index (χ1n) is 19.4. The molecule has 2 heterocycles. The van der Waals surface area contributed by atoms with Crippen molar-refractivity contribution in [3.8, 4) is 0 Å². The number of likely N-dealkylation sites (tertiary alicyclic amines) is 2. The van der Waals surface area contributed by atoms with E-state index in [4.69, 9.17) is 16.6 Å². The van der Waals surface area contributed by atoms with Crippen molar-refractivity contribution >= 4 is 29.2 Å². The lowest BCUT2D eigenvalue weighted by Gasteiger charge is -2.54. The number of aliphatic hydroxyl groups excluding tert-OH is 1. The van der Waals surface area contributed by atoms with Gasteiger partial charge in [0.05, 0.1) is 18.6 Å². The third-order valence-electron chi connectivity index (χ3n) is 10.9. The first kappa shape index (κ1) is 42.0. The van der Waals surface area contributed by atoms with E-state index in [1.54, 1.807) is 0 Å². The summed E-state index contributed by atoms with van der Waals surface area (Å²) >= 11 is 0. The van der Waals surface area contributed by atoms with E-state index < -0.39 is 30.5 Å². The second-order valence-electron chi connectivity index (χ2n) is 15.9. The Bertz CT molecular complexity index is 1490. The summed E-state index contributed by atoms with van der Waals surface area (Å²) in [6, 6.07) is 17.5. The highest BCUT2D eigenvalue weighted by molar-refractivity contribution is 5.95. The van der Waals surface area contributed by atoms with Gasteiger partial charge in [-0.05, 0) is 74.0 Å². The van der Waals surface area contributed by atoms with Gasteiger partial charge in [-0.1, -0.05) is 80.9 Å². The zero-order valence-electron chi connectivity index (χ0n) is 31.7.